The van der Waals surface area contributed by atoms with Gasteiger partial charge in [0.05, 0.1) is 22.3 Å². The molecule has 2 heterocycles. The van der Waals surface area contributed by atoms with Gasteiger partial charge in [-0.25, -0.2) is 4.98 Å². The number of aromatic nitrogens is 3. The first-order chi connectivity index (χ1) is 14.3. The number of halogens is 3. The molecule has 2 aromatic heterocycles. The van der Waals surface area contributed by atoms with E-state index in [9.17, 15) is 22.8 Å². The molecule has 0 saturated carbocycles. The zero-order valence-electron chi connectivity index (χ0n) is 15.4. The number of H-pyrrole nitrogens is 1. The standard InChI is InChI=1S/C21H15F3N4O2/c22-21(23,24)13-9-10-19(30)28(11-13)12-18(29)25-15-6-2-1-5-14(15)20-26-16-7-3-4-8-17(16)27-20/h1-11H,12H2,(H,25,29)(H,26,27). The molecule has 1 amide bonds. The van der Waals surface area contributed by atoms with Crippen LogP contribution in [0.2, 0.25) is 0 Å². The molecule has 0 aliphatic rings. The molecule has 9 heteroatoms. The van der Waals surface area contributed by atoms with Gasteiger partial charge in [-0.05, 0) is 30.3 Å². The molecular weight excluding hydrogens is 397 g/mol. The predicted molar refractivity (Wildman–Crippen MR) is 106 cm³/mol. The number of nitrogens with one attached hydrogen (secondary N) is 2. The van der Waals surface area contributed by atoms with Crippen LogP contribution in [0.4, 0.5) is 18.9 Å². The van der Waals surface area contributed by atoms with E-state index in [-0.39, 0.29) is 0 Å². The predicted octanol–water partition coefficient (Wildman–Crippen LogP) is 4.05. The molecule has 0 saturated heterocycles. The summed E-state index contributed by atoms with van der Waals surface area (Å²) in [5, 5.41) is 2.65. The van der Waals surface area contributed by atoms with Gasteiger partial charge < -0.3 is 14.9 Å². The Kier molecular flexibility index (Phi) is 4.86. The zero-order chi connectivity index (χ0) is 21.3. The van der Waals surface area contributed by atoms with Gasteiger partial charge in [0.2, 0.25) is 5.91 Å². The fourth-order valence-corrected chi connectivity index (χ4v) is 3.05. The van der Waals surface area contributed by atoms with Gasteiger partial charge >= 0.3 is 6.18 Å². The molecule has 152 valence electrons. The highest BCUT2D eigenvalue weighted by molar-refractivity contribution is 5.95. The van der Waals surface area contributed by atoms with Crippen molar-refractivity contribution >= 4 is 22.6 Å². The van der Waals surface area contributed by atoms with Gasteiger partial charge in [-0.15, -0.1) is 0 Å². The van der Waals surface area contributed by atoms with E-state index in [4.69, 9.17) is 0 Å². The Morgan fingerprint density at radius 2 is 1.77 bits per heavy atom. The normalized spacial score (nSPS) is 11.6. The third-order valence-corrected chi connectivity index (χ3v) is 4.47. The number of para-hydroxylation sites is 3. The lowest BCUT2D eigenvalue weighted by atomic mass is 10.1. The molecule has 0 aliphatic carbocycles. The second-order valence-electron chi connectivity index (χ2n) is 6.58. The molecule has 30 heavy (non-hydrogen) atoms. The molecule has 0 bridgehead atoms. The van der Waals surface area contributed by atoms with Gasteiger partial charge in [-0.2, -0.15) is 13.2 Å². The maximum absolute atomic E-state index is 12.9. The van der Waals surface area contributed by atoms with Crippen molar-refractivity contribution in [1.29, 1.82) is 0 Å². The van der Waals surface area contributed by atoms with Crippen molar-refractivity contribution in [3.8, 4) is 11.4 Å². The minimum atomic E-state index is -4.61. The molecule has 0 unspecified atom stereocenters. The molecule has 2 aromatic carbocycles. The van der Waals surface area contributed by atoms with Crippen LogP contribution in [0.15, 0.2) is 71.7 Å². The molecule has 6 nitrogen and oxygen atoms in total. The van der Waals surface area contributed by atoms with Crippen molar-refractivity contribution in [1.82, 2.24) is 14.5 Å². The Bertz CT molecular complexity index is 1260. The quantitative estimate of drug-likeness (QED) is 0.531. The largest absolute Gasteiger partial charge is 0.417 e. The van der Waals surface area contributed by atoms with E-state index >= 15 is 0 Å². The second kappa shape index (κ2) is 7.51. The van der Waals surface area contributed by atoms with Crippen LogP contribution >= 0.6 is 0 Å². The molecule has 0 aliphatic heterocycles. The lowest BCUT2D eigenvalue weighted by molar-refractivity contribution is -0.138. The Morgan fingerprint density at radius 3 is 2.53 bits per heavy atom. The Morgan fingerprint density at radius 1 is 1.03 bits per heavy atom. The van der Waals surface area contributed by atoms with Gasteiger partial charge in [-0.3, -0.25) is 9.59 Å². The molecular formula is C21H15F3N4O2. The Labute approximate surface area is 168 Å². The Balaban J connectivity index is 1.60. The lowest BCUT2D eigenvalue weighted by Crippen LogP contribution is -2.28. The summed E-state index contributed by atoms with van der Waals surface area (Å²) in [4.78, 5) is 32.0. The van der Waals surface area contributed by atoms with Crippen LogP contribution in [0.1, 0.15) is 5.56 Å². The highest BCUT2D eigenvalue weighted by Crippen LogP contribution is 2.29. The number of hydrogen-bond acceptors (Lipinski definition) is 3. The molecule has 0 fully saturated rings. The number of aromatic amines is 1. The first-order valence-electron chi connectivity index (χ1n) is 8.93. The minimum absolute atomic E-state index is 0.418. The van der Waals surface area contributed by atoms with Crippen LogP contribution in [-0.4, -0.2) is 20.4 Å². The second-order valence-corrected chi connectivity index (χ2v) is 6.58. The van der Waals surface area contributed by atoms with Crippen LogP contribution in [-0.2, 0) is 17.5 Å². The number of benzene rings is 2. The number of pyridine rings is 1. The summed E-state index contributed by atoms with van der Waals surface area (Å²) in [5.74, 6) is -0.108. The smallest absolute Gasteiger partial charge is 0.338 e. The van der Waals surface area contributed by atoms with Crippen LogP contribution < -0.4 is 10.9 Å². The Hall–Kier alpha value is -3.88. The number of carbonyl (C=O) groups excluding carboxylic acids is 1. The molecule has 4 aromatic rings. The summed E-state index contributed by atoms with van der Waals surface area (Å²) >= 11 is 0. The van der Waals surface area contributed by atoms with E-state index in [1.807, 2.05) is 24.3 Å². The maximum Gasteiger partial charge on any atom is 0.417 e. The van der Waals surface area contributed by atoms with E-state index in [2.05, 4.69) is 15.3 Å². The number of fused-ring (bicyclic) bond motifs is 1. The van der Waals surface area contributed by atoms with Gasteiger partial charge in [0, 0.05) is 17.8 Å². The SMILES string of the molecule is O=C(Cn1cc(C(F)(F)F)ccc1=O)Nc1ccccc1-c1nc2ccccc2[nH]1. The van der Waals surface area contributed by atoms with E-state index in [0.29, 0.717) is 29.3 Å². The van der Waals surface area contributed by atoms with Crippen LogP contribution in [0.5, 0.6) is 0 Å². The molecule has 0 spiro atoms. The van der Waals surface area contributed by atoms with Crippen molar-refractivity contribution in [2.75, 3.05) is 5.32 Å². The molecule has 0 atom stereocenters. The summed E-state index contributed by atoms with van der Waals surface area (Å²) in [5.41, 5.74) is 0.898. The third kappa shape index (κ3) is 3.95. The topological polar surface area (TPSA) is 79.8 Å². The average Bonchev–Trinajstić information content (AvgIpc) is 3.13. The lowest BCUT2D eigenvalue weighted by Gasteiger charge is -2.12. The number of amides is 1. The van der Waals surface area contributed by atoms with Crippen molar-refractivity contribution in [2.45, 2.75) is 12.7 Å². The van der Waals surface area contributed by atoms with Gasteiger partial charge in [0.25, 0.3) is 5.56 Å². The van der Waals surface area contributed by atoms with Gasteiger partial charge in [-0.1, -0.05) is 24.3 Å². The van der Waals surface area contributed by atoms with E-state index in [0.717, 1.165) is 21.7 Å². The van der Waals surface area contributed by atoms with E-state index in [1.165, 1.54) is 0 Å². The van der Waals surface area contributed by atoms with Gasteiger partial charge in [0.15, 0.2) is 0 Å². The van der Waals surface area contributed by atoms with E-state index < -0.39 is 29.8 Å². The molecule has 0 radical (unpaired) electrons. The molecule has 4 rings (SSSR count). The number of alkyl halides is 3. The average molecular weight is 412 g/mol. The fourth-order valence-electron chi connectivity index (χ4n) is 3.05. The van der Waals surface area contributed by atoms with Crippen molar-refractivity contribution in [2.24, 2.45) is 0 Å². The van der Waals surface area contributed by atoms with Crippen molar-refractivity contribution in [3.63, 3.8) is 0 Å². The zero-order valence-corrected chi connectivity index (χ0v) is 15.4. The third-order valence-electron chi connectivity index (χ3n) is 4.47. The number of hydrogen-bond donors (Lipinski definition) is 2. The number of imidazole rings is 1. The number of anilines is 1. The summed E-state index contributed by atoms with van der Waals surface area (Å²) in [6.07, 6.45) is -3.98. The van der Waals surface area contributed by atoms with Gasteiger partial charge in [0.1, 0.15) is 12.4 Å². The van der Waals surface area contributed by atoms with Crippen LogP contribution in [0.3, 0.4) is 0 Å². The maximum atomic E-state index is 12.9. The minimum Gasteiger partial charge on any atom is -0.338 e. The first-order valence-corrected chi connectivity index (χ1v) is 8.93. The fraction of sp³-hybridized carbons (Fsp3) is 0.0952. The highest BCUT2D eigenvalue weighted by Gasteiger charge is 2.31. The van der Waals surface area contributed by atoms with Crippen LogP contribution in [0, 0.1) is 0 Å². The van der Waals surface area contributed by atoms with Crippen molar-refractivity contribution < 1.29 is 18.0 Å². The monoisotopic (exact) mass is 412 g/mol. The summed E-state index contributed by atoms with van der Waals surface area (Å²) in [6.45, 7) is -0.558. The summed E-state index contributed by atoms with van der Waals surface area (Å²) < 4.78 is 39.4. The molecule has 2 N–H and O–H groups in total. The number of nitrogens with zero attached hydrogens (tertiary/aromatic N) is 2. The van der Waals surface area contributed by atoms with Crippen LogP contribution in [0.25, 0.3) is 22.4 Å². The first kappa shape index (κ1) is 19.4. The summed E-state index contributed by atoms with van der Waals surface area (Å²) in [7, 11) is 0. The van der Waals surface area contributed by atoms with Crippen molar-refractivity contribution in [3.05, 3.63) is 82.8 Å². The number of carbonyl (C=O) groups is 1. The number of rotatable bonds is 4. The summed E-state index contributed by atoms with van der Waals surface area (Å²) in [6, 6.07) is 15.8. The highest BCUT2D eigenvalue weighted by atomic mass is 19.4. The van der Waals surface area contributed by atoms with E-state index in [1.54, 1.807) is 24.3 Å².